The number of aliphatic hydroxyl groups is 1. The summed E-state index contributed by atoms with van der Waals surface area (Å²) >= 11 is 0. The van der Waals surface area contributed by atoms with Gasteiger partial charge in [-0.3, -0.25) is 0 Å². The average molecular weight is 242 g/mol. The summed E-state index contributed by atoms with van der Waals surface area (Å²) in [5.41, 5.74) is 0.735. The molecule has 0 amide bonds. The van der Waals surface area contributed by atoms with Crippen molar-refractivity contribution in [2.75, 3.05) is 0 Å². The van der Waals surface area contributed by atoms with Crippen LogP contribution in [0.25, 0.3) is 0 Å². The number of halogens is 2. The largest absolute Gasteiger partial charge is 0.393 e. The molecule has 1 aromatic carbocycles. The minimum absolute atomic E-state index is 0.338. The minimum atomic E-state index is -0.822. The number of hydrogen-bond acceptors (Lipinski definition) is 1. The molecule has 17 heavy (non-hydrogen) atoms. The summed E-state index contributed by atoms with van der Waals surface area (Å²) in [4.78, 5) is 0. The van der Waals surface area contributed by atoms with Gasteiger partial charge in [-0.2, -0.15) is 0 Å². The van der Waals surface area contributed by atoms with E-state index in [0.717, 1.165) is 37.3 Å². The molecule has 1 unspecified atom stereocenters. The summed E-state index contributed by atoms with van der Waals surface area (Å²) in [5, 5.41) is 9.69. The van der Waals surface area contributed by atoms with E-state index in [1.165, 1.54) is 6.07 Å². The van der Waals surface area contributed by atoms with Crippen molar-refractivity contribution in [3.8, 4) is 0 Å². The molecular weight excluding hydrogens is 222 g/mol. The van der Waals surface area contributed by atoms with Gasteiger partial charge >= 0.3 is 0 Å². The van der Waals surface area contributed by atoms with Crippen LogP contribution in [0.3, 0.4) is 0 Å². The number of rotatable bonds is 7. The highest BCUT2D eigenvalue weighted by Crippen LogP contribution is 2.13. The van der Waals surface area contributed by atoms with E-state index in [1.54, 1.807) is 6.07 Å². The smallest absolute Gasteiger partial charge is 0.159 e. The monoisotopic (exact) mass is 242 g/mol. The second-order valence-electron chi connectivity index (χ2n) is 4.44. The maximum Gasteiger partial charge on any atom is 0.159 e. The number of aryl methyl sites for hydroxylation is 1. The Balaban J connectivity index is 2.31. The van der Waals surface area contributed by atoms with Crippen LogP contribution in [0.1, 0.15) is 44.6 Å². The number of benzene rings is 1. The van der Waals surface area contributed by atoms with Gasteiger partial charge in [0.05, 0.1) is 6.10 Å². The van der Waals surface area contributed by atoms with Gasteiger partial charge in [-0.05, 0) is 37.0 Å². The maximum absolute atomic E-state index is 12.9. The van der Waals surface area contributed by atoms with Gasteiger partial charge in [0.25, 0.3) is 0 Å². The molecule has 0 aliphatic heterocycles. The van der Waals surface area contributed by atoms with Crippen molar-refractivity contribution in [2.45, 2.75) is 51.6 Å². The highest BCUT2D eigenvalue weighted by atomic mass is 19.2. The normalized spacial score (nSPS) is 12.7. The first kappa shape index (κ1) is 14.1. The van der Waals surface area contributed by atoms with Gasteiger partial charge < -0.3 is 5.11 Å². The SMILES string of the molecule is CCCCCC(O)CCc1ccc(F)c(F)c1. The lowest BCUT2D eigenvalue weighted by atomic mass is 10.0. The Labute approximate surface area is 101 Å². The van der Waals surface area contributed by atoms with Crippen LogP contribution in [0.5, 0.6) is 0 Å². The molecule has 1 atom stereocenters. The number of aliphatic hydroxyl groups excluding tert-OH is 1. The van der Waals surface area contributed by atoms with E-state index in [0.29, 0.717) is 12.8 Å². The van der Waals surface area contributed by atoms with E-state index in [-0.39, 0.29) is 6.10 Å². The van der Waals surface area contributed by atoms with Gasteiger partial charge in [-0.25, -0.2) is 8.78 Å². The summed E-state index contributed by atoms with van der Waals surface area (Å²) < 4.78 is 25.6. The van der Waals surface area contributed by atoms with E-state index in [4.69, 9.17) is 0 Å². The maximum atomic E-state index is 12.9. The first-order chi connectivity index (χ1) is 8.13. The summed E-state index contributed by atoms with van der Waals surface area (Å²) in [6.45, 7) is 2.12. The first-order valence-corrected chi connectivity index (χ1v) is 6.25. The lowest BCUT2D eigenvalue weighted by molar-refractivity contribution is 0.151. The van der Waals surface area contributed by atoms with Crippen LogP contribution in [-0.4, -0.2) is 11.2 Å². The molecular formula is C14H20F2O. The Bertz CT molecular complexity index is 339. The second-order valence-corrected chi connectivity index (χ2v) is 4.44. The second kappa shape index (κ2) is 7.38. The third-order valence-electron chi connectivity index (χ3n) is 2.89. The van der Waals surface area contributed by atoms with E-state index in [9.17, 15) is 13.9 Å². The van der Waals surface area contributed by atoms with Gasteiger partial charge in [0.2, 0.25) is 0 Å². The Kier molecular flexibility index (Phi) is 6.12. The standard InChI is InChI=1S/C14H20F2O/c1-2-3-4-5-12(17)8-6-11-7-9-13(15)14(16)10-11/h7,9-10,12,17H,2-6,8H2,1H3. The van der Waals surface area contributed by atoms with Gasteiger partial charge in [0.1, 0.15) is 0 Å². The topological polar surface area (TPSA) is 20.2 Å². The zero-order chi connectivity index (χ0) is 12.7. The fourth-order valence-electron chi connectivity index (χ4n) is 1.80. The molecule has 1 N–H and O–H groups in total. The van der Waals surface area contributed by atoms with Crippen molar-refractivity contribution >= 4 is 0 Å². The average Bonchev–Trinajstić information content (AvgIpc) is 2.31. The first-order valence-electron chi connectivity index (χ1n) is 6.25. The summed E-state index contributed by atoms with van der Waals surface area (Å²) in [5.74, 6) is -1.64. The fraction of sp³-hybridized carbons (Fsp3) is 0.571. The molecule has 0 saturated heterocycles. The molecule has 0 aliphatic rings. The fourth-order valence-corrected chi connectivity index (χ4v) is 1.80. The predicted octanol–water partition coefficient (Wildman–Crippen LogP) is 3.84. The van der Waals surface area contributed by atoms with E-state index in [1.807, 2.05) is 0 Å². The summed E-state index contributed by atoms with van der Waals surface area (Å²) in [6, 6.07) is 3.90. The van der Waals surface area contributed by atoms with Crippen LogP contribution in [0.2, 0.25) is 0 Å². The summed E-state index contributed by atoms with van der Waals surface area (Å²) in [6.07, 6.45) is 4.93. The van der Waals surface area contributed by atoms with E-state index in [2.05, 4.69) is 6.92 Å². The zero-order valence-electron chi connectivity index (χ0n) is 10.3. The third kappa shape index (κ3) is 5.26. The van der Waals surface area contributed by atoms with E-state index < -0.39 is 11.6 Å². The Morgan fingerprint density at radius 2 is 1.88 bits per heavy atom. The molecule has 0 aliphatic carbocycles. The predicted molar refractivity (Wildman–Crippen MR) is 64.8 cm³/mol. The Morgan fingerprint density at radius 1 is 1.12 bits per heavy atom. The molecule has 1 nitrogen and oxygen atoms in total. The number of hydrogen-bond donors (Lipinski definition) is 1. The van der Waals surface area contributed by atoms with Gasteiger partial charge in [0.15, 0.2) is 11.6 Å². The van der Waals surface area contributed by atoms with Crippen LogP contribution in [0, 0.1) is 11.6 Å². The molecule has 3 heteroatoms. The quantitative estimate of drug-likeness (QED) is 0.720. The molecule has 1 aromatic rings. The molecule has 0 spiro atoms. The summed E-state index contributed by atoms with van der Waals surface area (Å²) in [7, 11) is 0. The van der Waals surface area contributed by atoms with Crippen molar-refractivity contribution in [1.82, 2.24) is 0 Å². The number of unbranched alkanes of at least 4 members (excludes halogenated alkanes) is 2. The highest BCUT2D eigenvalue weighted by molar-refractivity contribution is 5.17. The van der Waals surface area contributed by atoms with Crippen LogP contribution in [0.15, 0.2) is 18.2 Å². The Hall–Kier alpha value is -0.960. The zero-order valence-corrected chi connectivity index (χ0v) is 10.3. The lowest BCUT2D eigenvalue weighted by Gasteiger charge is -2.10. The molecule has 0 radical (unpaired) electrons. The molecule has 0 fully saturated rings. The van der Waals surface area contributed by atoms with E-state index >= 15 is 0 Å². The van der Waals surface area contributed by atoms with Crippen molar-refractivity contribution < 1.29 is 13.9 Å². The highest BCUT2D eigenvalue weighted by Gasteiger charge is 2.06. The molecule has 96 valence electrons. The van der Waals surface area contributed by atoms with Crippen LogP contribution in [0.4, 0.5) is 8.78 Å². The molecule has 1 rings (SSSR count). The third-order valence-corrected chi connectivity index (χ3v) is 2.89. The molecule has 0 bridgehead atoms. The molecule has 0 heterocycles. The minimum Gasteiger partial charge on any atom is -0.393 e. The van der Waals surface area contributed by atoms with Crippen LogP contribution in [-0.2, 0) is 6.42 Å². The van der Waals surface area contributed by atoms with Crippen molar-refractivity contribution in [3.63, 3.8) is 0 Å². The van der Waals surface area contributed by atoms with Gasteiger partial charge in [0, 0.05) is 0 Å². The molecule has 0 saturated carbocycles. The lowest BCUT2D eigenvalue weighted by Crippen LogP contribution is -2.08. The Morgan fingerprint density at radius 3 is 2.53 bits per heavy atom. The van der Waals surface area contributed by atoms with Gasteiger partial charge in [-0.1, -0.05) is 32.3 Å². The van der Waals surface area contributed by atoms with Crippen molar-refractivity contribution in [2.24, 2.45) is 0 Å². The van der Waals surface area contributed by atoms with Gasteiger partial charge in [-0.15, -0.1) is 0 Å². The molecule has 0 aromatic heterocycles. The van der Waals surface area contributed by atoms with Crippen LogP contribution >= 0.6 is 0 Å². The van der Waals surface area contributed by atoms with Crippen molar-refractivity contribution in [1.29, 1.82) is 0 Å². The van der Waals surface area contributed by atoms with Crippen molar-refractivity contribution in [3.05, 3.63) is 35.4 Å². The van der Waals surface area contributed by atoms with Crippen LogP contribution < -0.4 is 0 Å².